The van der Waals surface area contributed by atoms with Crippen molar-refractivity contribution >= 4 is 38.9 Å². The Labute approximate surface area is 204 Å². The van der Waals surface area contributed by atoms with E-state index in [0.29, 0.717) is 9.79 Å². The molecule has 3 N–H and O–H groups in total. The third-order valence-electron chi connectivity index (χ3n) is 6.37. The summed E-state index contributed by atoms with van der Waals surface area (Å²) in [6.07, 6.45) is 0. The summed E-state index contributed by atoms with van der Waals surface area (Å²) in [4.78, 5) is 4.24. The third kappa shape index (κ3) is 6.36. The van der Waals surface area contributed by atoms with E-state index in [2.05, 4.69) is 25.3 Å². The Kier molecular flexibility index (Phi) is 9.76. The van der Waals surface area contributed by atoms with Gasteiger partial charge in [-0.25, -0.2) is 26.7 Å². The molecule has 1 aromatic rings. The van der Waals surface area contributed by atoms with Crippen molar-refractivity contribution in [1.82, 2.24) is 4.98 Å². The van der Waals surface area contributed by atoms with Gasteiger partial charge in [0, 0.05) is 0 Å². The minimum absolute atomic E-state index is 0.148. The minimum Gasteiger partial charge on any atom is -0.390 e. The molecular weight excluding hydrogens is 537 g/mol. The molecule has 0 aliphatic heterocycles. The first-order chi connectivity index (χ1) is 15.0. The van der Waals surface area contributed by atoms with Crippen molar-refractivity contribution in [3.05, 3.63) is 22.2 Å². The topological polar surface area (TPSA) is 112 Å². The number of pyridine rings is 1. The summed E-state index contributed by atoms with van der Waals surface area (Å²) in [5.74, 6) is -4.77. The third-order valence-corrected chi connectivity index (χ3v) is 15.6. The largest absolute Gasteiger partial charge is 0.390 e. The van der Waals surface area contributed by atoms with Crippen LogP contribution in [0.5, 0.6) is 0 Å². The number of aliphatic hydroxyl groups is 1. The van der Waals surface area contributed by atoms with Gasteiger partial charge in [-0.2, -0.15) is 5.26 Å². The average Bonchev–Trinajstić information content (AvgIpc) is 2.75. The molecule has 0 fully saturated rings. The molecule has 33 heavy (non-hydrogen) atoms. The van der Waals surface area contributed by atoms with Gasteiger partial charge < -0.3 is 10.8 Å². The van der Waals surface area contributed by atoms with Crippen molar-refractivity contribution in [2.24, 2.45) is 10.1 Å². The van der Waals surface area contributed by atoms with Gasteiger partial charge in [-0.15, -0.1) is 0 Å². The van der Waals surface area contributed by atoms with Crippen LogP contribution in [0.25, 0.3) is 0 Å². The van der Waals surface area contributed by atoms with Gasteiger partial charge in [-0.05, 0) is 48.0 Å². The molecule has 0 saturated heterocycles. The second-order valence-electron chi connectivity index (χ2n) is 9.12. The molecular formula is C21H34BrF3N4O2SSi. The summed E-state index contributed by atoms with van der Waals surface area (Å²) in [7, 11) is -5.93. The lowest BCUT2D eigenvalue weighted by atomic mass is 10.0. The van der Waals surface area contributed by atoms with Crippen LogP contribution in [0.15, 0.2) is 15.0 Å². The highest BCUT2D eigenvalue weighted by molar-refractivity contribution is 9.10. The van der Waals surface area contributed by atoms with Crippen LogP contribution in [0.4, 0.5) is 13.2 Å². The van der Waals surface area contributed by atoms with E-state index in [1.54, 1.807) is 6.07 Å². The van der Waals surface area contributed by atoms with Gasteiger partial charge in [0.25, 0.3) is 5.92 Å². The zero-order valence-electron chi connectivity index (χ0n) is 20.0. The number of alkyl halides is 2. The predicted octanol–water partition coefficient (Wildman–Crippen LogP) is 4.27. The second kappa shape index (κ2) is 10.7. The number of nitriles is 1. The molecule has 0 amide bonds. The van der Waals surface area contributed by atoms with Crippen molar-refractivity contribution in [1.29, 1.82) is 5.26 Å². The lowest BCUT2D eigenvalue weighted by Gasteiger charge is -2.34. The number of halogens is 4. The molecule has 188 valence electrons. The average molecular weight is 572 g/mol. The summed E-state index contributed by atoms with van der Waals surface area (Å²) < 4.78 is 59.5. The van der Waals surface area contributed by atoms with E-state index >= 15 is 4.39 Å². The standard InChI is InChI=1S/C21H34BrF3N4O2SSi/c1-7-33(8-2,9-3)15-10-16(22)29-18(17(15)23)20(6,27)14-32(31,19(4,5)11-26)28-12-21(24,25)13-30/h10,30H,7-9,12-14,27H2,1-6H3/t20-,32-/m0/s1. The van der Waals surface area contributed by atoms with Gasteiger partial charge in [0.1, 0.15) is 28.3 Å². The quantitative estimate of drug-likeness (QED) is 0.304. The molecule has 1 rings (SSSR count). The van der Waals surface area contributed by atoms with Crippen molar-refractivity contribution in [3.63, 3.8) is 0 Å². The van der Waals surface area contributed by atoms with Gasteiger partial charge in [0.05, 0.1) is 40.9 Å². The summed E-state index contributed by atoms with van der Waals surface area (Å²) in [5, 5.41) is 19.0. The first-order valence-corrected chi connectivity index (χ1v) is 15.9. The SMILES string of the molecule is CC[Si](CC)(CC)c1cc(Br)nc([C@@](C)(N)C[S@@](=O)(=NCC(F)(F)CO)C(C)(C)C#N)c1F. The highest BCUT2D eigenvalue weighted by Crippen LogP contribution is 2.31. The summed E-state index contributed by atoms with van der Waals surface area (Å²) in [6.45, 7) is 7.37. The van der Waals surface area contributed by atoms with Crippen molar-refractivity contribution < 1.29 is 22.5 Å². The fourth-order valence-electron chi connectivity index (χ4n) is 3.77. The van der Waals surface area contributed by atoms with Crippen molar-refractivity contribution in [3.8, 4) is 6.07 Å². The fourth-order valence-corrected chi connectivity index (χ4v) is 10.3. The van der Waals surface area contributed by atoms with E-state index in [1.165, 1.54) is 20.8 Å². The lowest BCUT2D eigenvalue weighted by Crippen LogP contribution is -2.52. The zero-order valence-corrected chi connectivity index (χ0v) is 23.4. The normalized spacial score (nSPS) is 16.6. The van der Waals surface area contributed by atoms with Gasteiger partial charge >= 0.3 is 0 Å². The first-order valence-electron chi connectivity index (χ1n) is 10.8. The molecule has 0 bridgehead atoms. The lowest BCUT2D eigenvalue weighted by molar-refractivity contribution is -0.0401. The van der Waals surface area contributed by atoms with Crippen LogP contribution in [-0.2, 0) is 15.3 Å². The Morgan fingerprint density at radius 3 is 2.21 bits per heavy atom. The summed E-state index contributed by atoms with van der Waals surface area (Å²) in [5.41, 5.74) is 4.63. The number of aromatic nitrogens is 1. The number of nitrogens with two attached hydrogens (primary N) is 1. The second-order valence-corrected chi connectivity index (χ2v) is 18.0. The maximum Gasteiger partial charge on any atom is 0.290 e. The fraction of sp³-hybridized carbons (Fsp3) is 0.714. The number of hydrogen-bond donors (Lipinski definition) is 2. The van der Waals surface area contributed by atoms with Crippen LogP contribution in [0.2, 0.25) is 18.1 Å². The molecule has 2 atom stereocenters. The van der Waals surface area contributed by atoms with E-state index in [0.717, 1.165) is 18.1 Å². The molecule has 0 unspecified atom stereocenters. The zero-order chi connectivity index (χ0) is 25.9. The van der Waals surface area contributed by atoms with Gasteiger partial charge in [0.15, 0.2) is 0 Å². The van der Waals surface area contributed by atoms with Crippen molar-refractivity contribution in [2.75, 3.05) is 18.9 Å². The predicted molar refractivity (Wildman–Crippen MR) is 132 cm³/mol. The maximum atomic E-state index is 15.9. The molecule has 12 heteroatoms. The summed E-state index contributed by atoms with van der Waals surface area (Å²) >= 11 is 3.33. The van der Waals surface area contributed by atoms with E-state index in [9.17, 15) is 18.3 Å². The van der Waals surface area contributed by atoms with E-state index in [1.807, 2.05) is 26.8 Å². The van der Waals surface area contributed by atoms with Crippen LogP contribution >= 0.6 is 15.9 Å². The van der Waals surface area contributed by atoms with E-state index in [-0.39, 0.29) is 5.69 Å². The number of aliphatic hydroxyl groups excluding tert-OH is 1. The first kappa shape index (κ1) is 30.0. The number of nitrogens with zero attached hydrogens (tertiary/aromatic N) is 3. The maximum absolute atomic E-state index is 15.9. The number of rotatable bonds is 11. The Morgan fingerprint density at radius 2 is 1.79 bits per heavy atom. The van der Waals surface area contributed by atoms with Crippen LogP contribution < -0.4 is 10.9 Å². The van der Waals surface area contributed by atoms with Crippen LogP contribution in [-0.4, -0.2) is 51.9 Å². The molecule has 6 nitrogen and oxygen atoms in total. The Morgan fingerprint density at radius 1 is 1.27 bits per heavy atom. The van der Waals surface area contributed by atoms with Crippen LogP contribution in [0, 0.1) is 17.1 Å². The Bertz CT molecular complexity index is 1010. The molecule has 0 aliphatic rings. The van der Waals surface area contributed by atoms with E-state index in [4.69, 9.17) is 10.8 Å². The van der Waals surface area contributed by atoms with Gasteiger partial charge in [-0.1, -0.05) is 38.9 Å². The van der Waals surface area contributed by atoms with Crippen LogP contribution in [0.3, 0.4) is 0 Å². The molecule has 0 spiro atoms. The summed E-state index contributed by atoms with van der Waals surface area (Å²) in [6, 6.07) is 5.93. The molecule has 1 heterocycles. The Balaban J connectivity index is 3.75. The Hall–Kier alpha value is -1.00. The highest BCUT2D eigenvalue weighted by atomic mass is 79.9. The molecule has 0 saturated carbocycles. The van der Waals surface area contributed by atoms with E-state index < -0.39 is 58.7 Å². The highest BCUT2D eigenvalue weighted by Gasteiger charge is 2.43. The van der Waals surface area contributed by atoms with Gasteiger partial charge in [-0.3, -0.25) is 0 Å². The smallest absolute Gasteiger partial charge is 0.290 e. The van der Waals surface area contributed by atoms with Gasteiger partial charge in [0.2, 0.25) is 0 Å². The number of hydrogen-bond acceptors (Lipinski definition) is 6. The van der Waals surface area contributed by atoms with Crippen molar-refractivity contribution in [2.45, 2.75) is 75.9 Å². The minimum atomic E-state index is -3.72. The monoisotopic (exact) mass is 570 g/mol. The molecule has 0 aliphatic carbocycles. The molecule has 1 aromatic heterocycles. The molecule has 0 radical (unpaired) electrons. The molecule has 0 aromatic carbocycles. The van der Waals surface area contributed by atoms with Crippen LogP contribution in [0.1, 0.15) is 47.2 Å².